The maximum atomic E-state index is 4.75. The zero-order valence-corrected chi connectivity index (χ0v) is 15.7. The van der Waals surface area contributed by atoms with Crippen molar-refractivity contribution in [2.24, 2.45) is 0 Å². The van der Waals surface area contributed by atoms with Gasteiger partial charge in [-0.05, 0) is 42.9 Å². The maximum absolute atomic E-state index is 4.75. The van der Waals surface area contributed by atoms with Crippen LogP contribution >= 0.6 is 11.8 Å². The van der Waals surface area contributed by atoms with Crippen LogP contribution in [0.1, 0.15) is 25.6 Å². The van der Waals surface area contributed by atoms with E-state index in [-0.39, 0.29) is 0 Å². The molecule has 0 atom stereocenters. The molecule has 132 valence electrons. The number of rotatable bonds is 7. The lowest BCUT2D eigenvalue weighted by molar-refractivity contribution is 0.622. The van der Waals surface area contributed by atoms with E-state index < -0.39 is 0 Å². The number of hydrogen-bond donors (Lipinski definition) is 0. The van der Waals surface area contributed by atoms with Gasteiger partial charge in [0.1, 0.15) is 10.9 Å². The highest BCUT2D eigenvalue weighted by molar-refractivity contribution is 7.99. The summed E-state index contributed by atoms with van der Waals surface area (Å²) >= 11 is 1.79. The number of para-hydroxylation sites is 4. The van der Waals surface area contributed by atoms with Gasteiger partial charge in [0, 0.05) is 13.0 Å². The van der Waals surface area contributed by atoms with E-state index in [0.29, 0.717) is 0 Å². The summed E-state index contributed by atoms with van der Waals surface area (Å²) < 4.78 is 2.37. The van der Waals surface area contributed by atoms with Gasteiger partial charge < -0.3 is 4.57 Å². The number of aromatic nitrogens is 4. The highest BCUT2D eigenvalue weighted by Crippen LogP contribution is 2.21. The highest BCUT2D eigenvalue weighted by Gasteiger charge is 2.08. The van der Waals surface area contributed by atoms with Gasteiger partial charge >= 0.3 is 0 Å². The van der Waals surface area contributed by atoms with Crippen LogP contribution in [0.4, 0.5) is 0 Å². The number of benzene rings is 2. The first kappa shape index (κ1) is 17.0. The SMILES string of the molecule is CCc1nc2ccccc2n1CCCCSc1cnc2ccccc2n1. The van der Waals surface area contributed by atoms with Gasteiger partial charge in [-0.2, -0.15) is 0 Å². The molecule has 0 N–H and O–H groups in total. The molecule has 2 aromatic heterocycles. The molecule has 26 heavy (non-hydrogen) atoms. The van der Waals surface area contributed by atoms with Gasteiger partial charge in [-0.25, -0.2) is 9.97 Å². The molecule has 4 nitrogen and oxygen atoms in total. The van der Waals surface area contributed by atoms with Gasteiger partial charge in [-0.15, -0.1) is 11.8 Å². The van der Waals surface area contributed by atoms with E-state index in [4.69, 9.17) is 4.98 Å². The number of fused-ring (bicyclic) bond motifs is 2. The minimum absolute atomic E-state index is 0.955. The minimum atomic E-state index is 0.955. The monoisotopic (exact) mass is 362 g/mol. The first-order valence-corrected chi connectivity index (χ1v) is 10.1. The highest BCUT2D eigenvalue weighted by atomic mass is 32.2. The summed E-state index contributed by atoms with van der Waals surface area (Å²) in [6.45, 7) is 3.19. The van der Waals surface area contributed by atoms with E-state index in [1.54, 1.807) is 11.8 Å². The number of hydrogen-bond acceptors (Lipinski definition) is 4. The number of aryl methyl sites for hydroxylation is 2. The second-order valence-electron chi connectivity index (χ2n) is 6.27. The van der Waals surface area contributed by atoms with Crippen molar-refractivity contribution in [3.63, 3.8) is 0 Å². The fourth-order valence-electron chi connectivity index (χ4n) is 3.20. The van der Waals surface area contributed by atoms with Crippen LogP contribution in [-0.2, 0) is 13.0 Å². The van der Waals surface area contributed by atoms with Crippen LogP contribution in [0.15, 0.2) is 59.8 Å². The Morgan fingerprint density at radius 1 is 0.885 bits per heavy atom. The van der Waals surface area contributed by atoms with Gasteiger partial charge in [0.2, 0.25) is 0 Å². The number of thioether (sulfide) groups is 1. The molecule has 0 saturated carbocycles. The third kappa shape index (κ3) is 3.58. The lowest BCUT2D eigenvalue weighted by Gasteiger charge is -2.08. The summed E-state index contributed by atoms with van der Waals surface area (Å²) in [5, 5.41) is 1.01. The van der Waals surface area contributed by atoms with Crippen molar-refractivity contribution in [1.82, 2.24) is 19.5 Å². The van der Waals surface area contributed by atoms with Crippen molar-refractivity contribution in [1.29, 1.82) is 0 Å². The van der Waals surface area contributed by atoms with E-state index in [9.17, 15) is 0 Å². The standard InChI is InChI=1S/C21H22N4S/c1-2-20-23-18-11-5-6-12-19(18)25(20)13-7-8-14-26-21-15-22-16-9-3-4-10-17(16)24-21/h3-6,9-12,15H,2,7-8,13-14H2,1H3. The molecule has 0 unspecified atom stereocenters. The molecule has 4 aromatic rings. The third-order valence-electron chi connectivity index (χ3n) is 4.50. The molecule has 5 heteroatoms. The van der Waals surface area contributed by atoms with Gasteiger partial charge in [0.05, 0.1) is 28.3 Å². The van der Waals surface area contributed by atoms with Crippen LogP contribution in [0.3, 0.4) is 0 Å². The van der Waals surface area contributed by atoms with E-state index in [1.807, 2.05) is 30.5 Å². The van der Waals surface area contributed by atoms with Crippen molar-refractivity contribution in [3.05, 3.63) is 60.6 Å². The lowest BCUT2D eigenvalue weighted by atomic mass is 10.3. The summed E-state index contributed by atoms with van der Waals surface area (Å²) in [6, 6.07) is 16.4. The van der Waals surface area contributed by atoms with Crippen molar-refractivity contribution in [2.45, 2.75) is 37.8 Å². The molecule has 0 amide bonds. The van der Waals surface area contributed by atoms with Crippen LogP contribution in [0.5, 0.6) is 0 Å². The predicted octanol–water partition coefficient (Wildman–Crippen LogP) is 5.11. The van der Waals surface area contributed by atoms with Gasteiger partial charge in [-0.1, -0.05) is 31.2 Å². The Kier molecular flexibility index (Phi) is 5.16. The quantitative estimate of drug-likeness (QED) is 0.338. The summed E-state index contributed by atoms with van der Waals surface area (Å²) in [4.78, 5) is 13.9. The second kappa shape index (κ2) is 7.87. The number of imidazole rings is 1. The topological polar surface area (TPSA) is 43.6 Å². The van der Waals surface area contributed by atoms with Crippen molar-refractivity contribution >= 4 is 33.8 Å². The van der Waals surface area contributed by atoms with E-state index >= 15 is 0 Å². The van der Waals surface area contributed by atoms with Gasteiger partial charge in [-0.3, -0.25) is 4.98 Å². The summed E-state index contributed by atoms with van der Waals surface area (Å²) in [5.74, 6) is 2.24. The molecule has 0 aliphatic rings. The Bertz CT molecular complexity index is 1020. The maximum Gasteiger partial charge on any atom is 0.115 e. The Labute approximate surface area is 157 Å². The molecule has 0 saturated heterocycles. The fourth-order valence-corrected chi connectivity index (χ4v) is 4.05. The molecule has 0 aliphatic heterocycles. The van der Waals surface area contributed by atoms with Crippen molar-refractivity contribution in [3.8, 4) is 0 Å². The lowest BCUT2D eigenvalue weighted by Crippen LogP contribution is -2.03. The third-order valence-corrected chi connectivity index (χ3v) is 5.49. The molecular formula is C21H22N4S. The van der Waals surface area contributed by atoms with Crippen LogP contribution in [0.25, 0.3) is 22.1 Å². The predicted molar refractivity (Wildman–Crippen MR) is 109 cm³/mol. The Morgan fingerprint density at radius 2 is 1.65 bits per heavy atom. The second-order valence-corrected chi connectivity index (χ2v) is 7.39. The molecule has 2 heterocycles. The Morgan fingerprint density at radius 3 is 2.50 bits per heavy atom. The largest absolute Gasteiger partial charge is 0.328 e. The molecule has 4 rings (SSSR count). The normalized spacial score (nSPS) is 11.4. The van der Waals surface area contributed by atoms with Crippen LogP contribution < -0.4 is 0 Å². The molecule has 0 radical (unpaired) electrons. The van der Waals surface area contributed by atoms with Crippen molar-refractivity contribution in [2.75, 3.05) is 5.75 Å². The Hall–Kier alpha value is -2.40. The molecule has 2 aromatic carbocycles. The van der Waals surface area contributed by atoms with Gasteiger partial charge in [0.15, 0.2) is 0 Å². The van der Waals surface area contributed by atoms with E-state index in [2.05, 4.69) is 45.7 Å². The molecule has 0 fully saturated rings. The fraction of sp³-hybridized carbons (Fsp3) is 0.286. The molecule has 0 aliphatic carbocycles. The molecule has 0 bridgehead atoms. The van der Waals surface area contributed by atoms with E-state index in [1.165, 1.54) is 11.3 Å². The first-order chi connectivity index (χ1) is 12.8. The molecular weight excluding hydrogens is 340 g/mol. The summed E-state index contributed by atoms with van der Waals surface area (Å²) in [7, 11) is 0. The van der Waals surface area contributed by atoms with Crippen LogP contribution in [0.2, 0.25) is 0 Å². The van der Waals surface area contributed by atoms with Crippen LogP contribution in [-0.4, -0.2) is 25.3 Å². The van der Waals surface area contributed by atoms with Crippen molar-refractivity contribution < 1.29 is 0 Å². The molecule has 0 spiro atoms. The zero-order valence-electron chi connectivity index (χ0n) is 14.9. The average molecular weight is 363 g/mol. The van der Waals surface area contributed by atoms with Crippen LogP contribution in [0, 0.1) is 0 Å². The minimum Gasteiger partial charge on any atom is -0.328 e. The zero-order chi connectivity index (χ0) is 17.8. The summed E-state index contributed by atoms with van der Waals surface area (Å²) in [5.41, 5.74) is 4.27. The Balaban J connectivity index is 1.34. The number of nitrogens with zero attached hydrogens (tertiary/aromatic N) is 4. The average Bonchev–Trinajstić information content (AvgIpc) is 3.05. The number of unbranched alkanes of at least 4 members (excludes halogenated alkanes) is 1. The smallest absolute Gasteiger partial charge is 0.115 e. The van der Waals surface area contributed by atoms with E-state index in [0.717, 1.165) is 53.1 Å². The van der Waals surface area contributed by atoms with Gasteiger partial charge in [0.25, 0.3) is 0 Å². The summed E-state index contributed by atoms with van der Waals surface area (Å²) in [6.07, 6.45) is 5.14. The first-order valence-electron chi connectivity index (χ1n) is 9.14.